The second-order valence-corrected chi connectivity index (χ2v) is 6.54. The molecule has 21 heavy (non-hydrogen) atoms. The SMILES string of the molecule is CC(C)c1ccccc1Oc1cccc(S(N)(=O)=O)c1N. The molecule has 2 aromatic carbocycles. The number of sulfonamides is 1. The maximum atomic E-state index is 11.5. The lowest BCUT2D eigenvalue weighted by molar-refractivity contribution is 0.474. The van der Waals surface area contributed by atoms with Crippen molar-refractivity contribution >= 4 is 15.7 Å². The summed E-state index contributed by atoms with van der Waals surface area (Å²) in [6.07, 6.45) is 0. The molecule has 0 spiro atoms. The molecule has 0 radical (unpaired) electrons. The maximum Gasteiger partial charge on any atom is 0.240 e. The zero-order valence-electron chi connectivity index (χ0n) is 11.9. The van der Waals surface area contributed by atoms with Gasteiger partial charge in [0.2, 0.25) is 10.0 Å². The van der Waals surface area contributed by atoms with Crippen molar-refractivity contribution in [2.45, 2.75) is 24.7 Å². The molecule has 0 unspecified atom stereocenters. The van der Waals surface area contributed by atoms with E-state index in [4.69, 9.17) is 15.6 Å². The number of benzene rings is 2. The Balaban J connectivity index is 2.47. The summed E-state index contributed by atoms with van der Waals surface area (Å²) in [6, 6.07) is 12.1. The van der Waals surface area contributed by atoms with Crippen molar-refractivity contribution in [2.75, 3.05) is 5.73 Å². The summed E-state index contributed by atoms with van der Waals surface area (Å²) in [7, 11) is -3.88. The minimum absolute atomic E-state index is 0.0126. The van der Waals surface area contributed by atoms with E-state index in [0.29, 0.717) is 5.75 Å². The lowest BCUT2D eigenvalue weighted by atomic mass is 10.0. The smallest absolute Gasteiger partial charge is 0.240 e. The van der Waals surface area contributed by atoms with Gasteiger partial charge in [-0.05, 0) is 29.7 Å². The molecule has 2 aromatic rings. The highest BCUT2D eigenvalue weighted by molar-refractivity contribution is 7.89. The molecular formula is C15H18N2O3S. The molecular weight excluding hydrogens is 288 g/mol. The Morgan fingerprint density at radius 2 is 1.62 bits per heavy atom. The van der Waals surface area contributed by atoms with Crippen LogP contribution < -0.4 is 15.6 Å². The first-order valence-electron chi connectivity index (χ1n) is 6.48. The summed E-state index contributed by atoms with van der Waals surface area (Å²) in [5.41, 5.74) is 6.88. The van der Waals surface area contributed by atoms with E-state index in [2.05, 4.69) is 0 Å². The van der Waals surface area contributed by atoms with Crippen molar-refractivity contribution in [3.8, 4) is 11.5 Å². The third-order valence-corrected chi connectivity index (χ3v) is 4.06. The van der Waals surface area contributed by atoms with Gasteiger partial charge in [-0.3, -0.25) is 0 Å². The van der Waals surface area contributed by atoms with Crippen LogP contribution >= 0.6 is 0 Å². The van der Waals surface area contributed by atoms with Crippen LogP contribution in [0.5, 0.6) is 11.5 Å². The van der Waals surface area contributed by atoms with Crippen LogP contribution in [0.1, 0.15) is 25.3 Å². The van der Waals surface area contributed by atoms with E-state index in [1.807, 2.05) is 38.1 Å². The quantitative estimate of drug-likeness (QED) is 0.849. The van der Waals surface area contributed by atoms with E-state index < -0.39 is 10.0 Å². The minimum Gasteiger partial charge on any atom is -0.455 e. The Hall–Kier alpha value is -2.05. The Labute approximate surface area is 124 Å². The third-order valence-electron chi connectivity index (χ3n) is 3.09. The lowest BCUT2D eigenvalue weighted by Crippen LogP contribution is -2.14. The number of nitrogen functional groups attached to an aromatic ring is 1. The van der Waals surface area contributed by atoms with Gasteiger partial charge < -0.3 is 10.5 Å². The van der Waals surface area contributed by atoms with Crippen LogP contribution in [0.15, 0.2) is 47.4 Å². The Bertz CT molecular complexity index is 755. The van der Waals surface area contributed by atoms with Crippen LogP contribution in [0.2, 0.25) is 0 Å². The number of rotatable bonds is 4. The molecule has 6 heteroatoms. The van der Waals surface area contributed by atoms with Crippen molar-refractivity contribution in [2.24, 2.45) is 5.14 Å². The molecule has 0 aliphatic carbocycles. The highest BCUT2D eigenvalue weighted by Crippen LogP contribution is 2.35. The van der Waals surface area contributed by atoms with E-state index in [1.54, 1.807) is 12.1 Å². The molecule has 5 nitrogen and oxygen atoms in total. The molecule has 0 fully saturated rings. The normalized spacial score (nSPS) is 11.6. The van der Waals surface area contributed by atoms with E-state index in [1.165, 1.54) is 6.07 Å². The number of primary sulfonamides is 1. The van der Waals surface area contributed by atoms with Crippen molar-refractivity contribution < 1.29 is 13.2 Å². The molecule has 0 aliphatic rings. The van der Waals surface area contributed by atoms with Crippen LogP contribution in [-0.2, 0) is 10.0 Å². The predicted octanol–water partition coefficient (Wildman–Crippen LogP) is 2.83. The Morgan fingerprint density at radius 1 is 1.00 bits per heavy atom. The largest absolute Gasteiger partial charge is 0.455 e. The summed E-state index contributed by atoms with van der Waals surface area (Å²) in [4.78, 5) is -0.137. The van der Waals surface area contributed by atoms with Gasteiger partial charge in [0.05, 0.1) is 5.69 Å². The Kier molecular flexibility index (Phi) is 4.20. The van der Waals surface area contributed by atoms with Gasteiger partial charge in [-0.1, -0.05) is 38.1 Å². The molecule has 2 rings (SSSR count). The molecule has 0 saturated carbocycles. The highest BCUT2D eigenvalue weighted by Gasteiger charge is 2.17. The first-order valence-corrected chi connectivity index (χ1v) is 8.03. The van der Waals surface area contributed by atoms with E-state index >= 15 is 0 Å². The van der Waals surface area contributed by atoms with Crippen LogP contribution in [0.4, 0.5) is 5.69 Å². The van der Waals surface area contributed by atoms with Gasteiger partial charge in [-0.15, -0.1) is 0 Å². The number of ether oxygens (including phenoxy) is 1. The number of hydrogen-bond acceptors (Lipinski definition) is 4. The topological polar surface area (TPSA) is 95.4 Å². The standard InChI is InChI=1S/C15H18N2O3S/c1-10(2)11-6-3-4-7-12(11)20-13-8-5-9-14(15(13)16)21(17,18)19/h3-10H,16H2,1-2H3,(H2,17,18,19). The first-order chi connectivity index (χ1) is 9.80. The summed E-state index contributed by atoms with van der Waals surface area (Å²) in [5, 5.41) is 5.13. The van der Waals surface area contributed by atoms with E-state index in [-0.39, 0.29) is 22.3 Å². The van der Waals surface area contributed by atoms with Gasteiger partial charge in [-0.2, -0.15) is 0 Å². The number of anilines is 1. The summed E-state index contributed by atoms with van der Waals surface area (Å²) < 4.78 is 28.7. The van der Waals surface area contributed by atoms with Crippen LogP contribution in [0.25, 0.3) is 0 Å². The third kappa shape index (κ3) is 3.34. The van der Waals surface area contributed by atoms with Crippen molar-refractivity contribution in [1.29, 1.82) is 0 Å². The van der Waals surface area contributed by atoms with Crippen LogP contribution in [0.3, 0.4) is 0 Å². The molecule has 112 valence electrons. The van der Waals surface area contributed by atoms with Crippen LogP contribution in [0, 0.1) is 0 Å². The maximum absolute atomic E-state index is 11.5. The van der Waals surface area contributed by atoms with Gasteiger partial charge in [0, 0.05) is 0 Å². The first kappa shape index (κ1) is 15.3. The van der Waals surface area contributed by atoms with Gasteiger partial charge in [-0.25, -0.2) is 13.6 Å². The molecule has 0 aliphatic heterocycles. The van der Waals surface area contributed by atoms with Crippen molar-refractivity contribution in [3.63, 3.8) is 0 Å². The molecule has 0 aromatic heterocycles. The molecule has 0 amide bonds. The average molecular weight is 306 g/mol. The zero-order chi connectivity index (χ0) is 15.6. The molecule has 0 heterocycles. The zero-order valence-corrected chi connectivity index (χ0v) is 12.7. The lowest BCUT2D eigenvalue weighted by Gasteiger charge is -2.15. The minimum atomic E-state index is -3.88. The molecule has 4 N–H and O–H groups in total. The van der Waals surface area contributed by atoms with Crippen molar-refractivity contribution in [3.05, 3.63) is 48.0 Å². The van der Waals surface area contributed by atoms with Gasteiger partial charge in [0.1, 0.15) is 10.6 Å². The second-order valence-electron chi connectivity index (χ2n) is 5.01. The fourth-order valence-corrected chi connectivity index (χ4v) is 2.71. The van der Waals surface area contributed by atoms with Crippen molar-refractivity contribution in [1.82, 2.24) is 0 Å². The average Bonchev–Trinajstić information content (AvgIpc) is 2.40. The highest BCUT2D eigenvalue weighted by atomic mass is 32.2. The fourth-order valence-electron chi connectivity index (χ4n) is 2.03. The van der Waals surface area contributed by atoms with Crippen LogP contribution in [-0.4, -0.2) is 8.42 Å². The van der Waals surface area contributed by atoms with Gasteiger partial charge in [0.25, 0.3) is 0 Å². The monoisotopic (exact) mass is 306 g/mol. The summed E-state index contributed by atoms with van der Waals surface area (Å²) in [6.45, 7) is 4.10. The van der Waals surface area contributed by atoms with Gasteiger partial charge >= 0.3 is 0 Å². The van der Waals surface area contributed by atoms with E-state index in [0.717, 1.165) is 5.56 Å². The second kappa shape index (κ2) is 5.75. The molecule has 0 bridgehead atoms. The Morgan fingerprint density at radius 3 is 2.24 bits per heavy atom. The summed E-state index contributed by atoms with van der Waals surface area (Å²) in [5.74, 6) is 1.18. The fraction of sp³-hybridized carbons (Fsp3) is 0.200. The van der Waals surface area contributed by atoms with E-state index in [9.17, 15) is 8.42 Å². The molecule has 0 saturated heterocycles. The predicted molar refractivity (Wildman–Crippen MR) is 82.8 cm³/mol. The molecule has 0 atom stereocenters. The number of para-hydroxylation sites is 2. The summed E-state index contributed by atoms with van der Waals surface area (Å²) >= 11 is 0. The number of hydrogen-bond donors (Lipinski definition) is 2. The number of nitrogens with two attached hydrogens (primary N) is 2. The van der Waals surface area contributed by atoms with Gasteiger partial charge in [0.15, 0.2) is 5.75 Å².